The number of nitriles is 1. The summed E-state index contributed by atoms with van der Waals surface area (Å²) in [6.07, 6.45) is -3.54. The molecule has 2 fully saturated rings. The second-order valence-electron chi connectivity index (χ2n) is 9.54. The van der Waals surface area contributed by atoms with Gasteiger partial charge in [0.2, 0.25) is 5.91 Å². The molecule has 2 N–H and O–H groups in total. The molecule has 0 bridgehead atoms. The van der Waals surface area contributed by atoms with Crippen molar-refractivity contribution in [2.75, 3.05) is 43.4 Å². The van der Waals surface area contributed by atoms with Crippen LogP contribution < -0.4 is 15.5 Å². The van der Waals surface area contributed by atoms with Crippen LogP contribution in [-0.2, 0) is 11.0 Å². The van der Waals surface area contributed by atoms with Crippen molar-refractivity contribution in [1.29, 1.82) is 5.26 Å². The van der Waals surface area contributed by atoms with Crippen LogP contribution in [0, 0.1) is 29.6 Å². The van der Waals surface area contributed by atoms with E-state index in [0.29, 0.717) is 43.9 Å². The Morgan fingerprint density at radius 2 is 1.86 bits per heavy atom. The Labute approximate surface area is 207 Å². The van der Waals surface area contributed by atoms with Crippen LogP contribution >= 0.6 is 0 Å². The molecule has 2 heterocycles. The van der Waals surface area contributed by atoms with Crippen molar-refractivity contribution in [3.63, 3.8) is 0 Å². The Kier molecular flexibility index (Phi) is 6.85. The van der Waals surface area contributed by atoms with Gasteiger partial charge in [-0.1, -0.05) is 12.1 Å². The van der Waals surface area contributed by atoms with E-state index in [4.69, 9.17) is 5.26 Å². The van der Waals surface area contributed by atoms with Crippen LogP contribution in [0.15, 0.2) is 42.5 Å². The van der Waals surface area contributed by atoms with Crippen molar-refractivity contribution < 1.29 is 22.8 Å². The summed E-state index contributed by atoms with van der Waals surface area (Å²) >= 11 is 0. The number of aryl methyl sites for hydroxylation is 1. The smallest absolute Gasteiger partial charge is 0.371 e. The minimum absolute atomic E-state index is 0.146. The van der Waals surface area contributed by atoms with E-state index in [-0.39, 0.29) is 18.5 Å². The highest BCUT2D eigenvalue weighted by Gasteiger charge is 2.52. The normalized spacial score (nSPS) is 19.2. The van der Waals surface area contributed by atoms with E-state index in [2.05, 4.69) is 10.6 Å². The third-order valence-corrected chi connectivity index (χ3v) is 7.32. The van der Waals surface area contributed by atoms with E-state index in [0.717, 1.165) is 11.6 Å². The number of amides is 3. The molecule has 190 valence electrons. The largest absolute Gasteiger partial charge is 0.417 e. The predicted octanol–water partition coefficient (Wildman–Crippen LogP) is 4.38. The van der Waals surface area contributed by atoms with Gasteiger partial charge in [0.1, 0.15) is 0 Å². The molecule has 7 nitrogen and oxygen atoms in total. The van der Waals surface area contributed by atoms with Gasteiger partial charge < -0.3 is 20.4 Å². The van der Waals surface area contributed by atoms with Crippen LogP contribution in [0.3, 0.4) is 0 Å². The fourth-order valence-corrected chi connectivity index (χ4v) is 5.36. The van der Waals surface area contributed by atoms with Crippen molar-refractivity contribution in [3.8, 4) is 6.07 Å². The van der Waals surface area contributed by atoms with Crippen molar-refractivity contribution >= 4 is 23.3 Å². The van der Waals surface area contributed by atoms with Gasteiger partial charge in [0.15, 0.2) is 0 Å². The number of halogens is 3. The van der Waals surface area contributed by atoms with Crippen molar-refractivity contribution in [2.24, 2.45) is 11.3 Å². The average Bonchev–Trinajstić information content (AvgIpc) is 3.22. The number of rotatable bonds is 3. The number of urea groups is 1. The molecule has 3 amide bonds. The highest BCUT2D eigenvalue weighted by atomic mass is 19.4. The van der Waals surface area contributed by atoms with Gasteiger partial charge in [-0.2, -0.15) is 18.4 Å². The Hall–Kier alpha value is -3.74. The Morgan fingerprint density at radius 1 is 1.14 bits per heavy atom. The molecule has 0 aliphatic carbocycles. The molecule has 1 unspecified atom stereocenters. The number of benzene rings is 2. The fourth-order valence-electron chi connectivity index (χ4n) is 5.36. The van der Waals surface area contributed by atoms with Crippen LogP contribution in [0.2, 0.25) is 0 Å². The monoisotopic (exact) mass is 499 g/mol. The molecule has 1 spiro atoms. The number of piperidine rings is 1. The van der Waals surface area contributed by atoms with E-state index in [1.807, 2.05) is 30.0 Å². The minimum Gasteiger partial charge on any atom is -0.371 e. The van der Waals surface area contributed by atoms with Gasteiger partial charge in [-0.3, -0.25) is 4.79 Å². The number of nitrogens with one attached hydrogen (secondary N) is 2. The minimum atomic E-state index is -4.63. The molecule has 10 heteroatoms. The second kappa shape index (κ2) is 9.72. The number of alkyl halides is 3. The van der Waals surface area contributed by atoms with Gasteiger partial charge in [-0.25, -0.2) is 4.79 Å². The summed E-state index contributed by atoms with van der Waals surface area (Å²) in [5, 5.41) is 14.7. The SMILES string of the molecule is CNC(=O)C1CN(C(=O)Nc2cccc(C)c2)CC12CCN(c1ccc(C#N)c(C(F)(F)F)c1)CC2. The Morgan fingerprint density at radius 3 is 2.47 bits per heavy atom. The molecule has 2 saturated heterocycles. The van der Waals surface area contributed by atoms with Gasteiger partial charge in [0.05, 0.1) is 23.1 Å². The molecule has 4 rings (SSSR count). The first-order chi connectivity index (χ1) is 17.1. The van der Waals surface area contributed by atoms with Gasteiger partial charge in [-0.05, 0) is 55.7 Å². The maximum atomic E-state index is 13.4. The topological polar surface area (TPSA) is 88.5 Å². The van der Waals surface area contributed by atoms with E-state index < -0.39 is 28.6 Å². The zero-order valence-electron chi connectivity index (χ0n) is 20.2. The summed E-state index contributed by atoms with van der Waals surface area (Å²) in [4.78, 5) is 29.3. The summed E-state index contributed by atoms with van der Waals surface area (Å²) in [6, 6.07) is 12.5. The maximum absolute atomic E-state index is 13.4. The van der Waals surface area contributed by atoms with E-state index >= 15 is 0 Å². The molecule has 2 aromatic carbocycles. The third kappa shape index (κ3) is 4.96. The number of carbonyl (C=O) groups is 2. The molecule has 0 saturated carbocycles. The van der Waals surface area contributed by atoms with E-state index in [1.54, 1.807) is 24.1 Å². The third-order valence-electron chi connectivity index (χ3n) is 7.32. The lowest BCUT2D eigenvalue weighted by atomic mass is 9.70. The van der Waals surface area contributed by atoms with Crippen LogP contribution in [0.25, 0.3) is 0 Å². The highest BCUT2D eigenvalue weighted by Crippen LogP contribution is 2.46. The van der Waals surface area contributed by atoms with E-state index in [1.165, 1.54) is 12.1 Å². The zero-order valence-corrected chi connectivity index (χ0v) is 20.2. The fraction of sp³-hybridized carbons (Fsp3) is 0.423. The molecule has 1 atom stereocenters. The summed E-state index contributed by atoms with van der Waals surface area (Å²) in [5.41, 5.74) is 0.238. The summed E-state index contributed by atoms with van der Waals surface area (Å²) in [6.45, 7) is 3.46. The lowest BCUT2D eigenvalue weighted by molar-refractivity contribution is -0.137. The number of likely N-dealkylation sites (tertiary alicyclic amines) is 1. The first-order valence-corrected chi connectivity index (χ1v) is 11.8. The standard InChI is InChI=1S/C26H28F3N5O2/c1-17-4-3-5-19(12-17)32-24(36)34-15-22(23(35)31-2)25(16-34)8-10-33(11-9-25)20-7-6-18(14-30)21(13-20)26(27,28)29/h3-7,12-13,22H,8-11,15-16H2,1-2H3,(H,31,35)(H,32,36). The molecular formula is C26H28F3N5O2. The number of hydrogen-bond donors (Lipinski definition) is 2. The van der Waals surface area contributed by atoms with Crippen molar-refractivity contribution in [2.45, 2.75) is 25.9 Å². The molecule has 0 radical (unpaired) electrons. The van der Waals surface area contributed by atoms with Gasteiger partial charge in [0, 0.05) is 50.0 Å². The van der Waals surface area contributed by atoms with Gasteiger partial charge in [-0.15, -0.1) is 0 Å². The van der Waals surface area contributed by atoms with Gasteiger partial charge in [0.25, 0.3) is 0 Å². The molecular weight excluding hydrogens is 471 g/mol. The maximum Gasteiger partial charge on any atom is 0.417 e. The zero-order chi connectivity index (χ0) is 26.1. The lowest BCUT2D eigenvalue weighted by Gasteiger charge is -2.42. The van der Waals surface area contributed by atoms with Crippen LogP contribution in [0.4, 0.5) is 29.3 Å². The average molecular weight is 500 g/mol. The first kappa shape index (κ1) is 25.4. The molecule has 2 aromatic rings. The quantitative estimate of drug-likeness (QED) is 0.656. The van der Waals surface area contributed by atoms with E-state index in [9.17, 15) is 22.8 Å². The molecule has 2 aliphatic heterocycles. The Balaban J connectivity index is 1.51. The second-order valence-corrected chi connectivity index (χ2v) is 9.54. The summed E-state index contributed by atoms with van der Waals surface area (Å²) in [5.74, 6) is -0.563. The van der Waals surface area contributed by atoms with Crippen LogP contribution in [0.5, 0.6) is 0 Å². The first-order valence-electron chi connectivity index (χ1n) is 11.8. The molecule has 2 aliphatic rings. The van der Waals surface area contributed by atoms with Crippen LogP contribution in [0.1, 0.15) is 29.5 Å². The number of anilines is 2. The summed E-state index contributed by atoms with van der Waals surface area (Å²) in [7, 11) is 1.57. The van der Waals surface area contributed by atoms with Crippen molar-refractivity contribution in [1.82, 2.24) is 10.2 Å². The number of hydrogen-bond acceptors (Lipinski definition) is 4. The van der Waals surface area contributed by atoms with Crippen LogP contribution in [-0.4, -0.2) is 50.1 Å². The lowest BCUT2D eigenvalue weighted by Crippen LogP contribution is -2.48. The Bertz CT molecular complexity index is 1200. The van der Waals surface area contributed by atoms with Gasteiger partial charge >= 0.3 is 12.2 Å². The van der Waals surface area contributed by atoms with Crippen molar-refractivity contribution in [3.05, 3.63) is 59.2 Å². The summed E-state index contributed by atoms with van der Waals surface area (Å²) < 4.78 is 40.3. The number of carbonyl (C=O) groups excluding carboxylic acids is 2. The highest BCUT2D eigenvalue weighted by molar-refractivity contribution is 5.91. The molecule has 0 aromatic heterocycles. The predicted molar refractivity (Wildman–Crippen MR) is 129 cm³/mol. The number of nitrogens with zero attached hydrogens (tertiary/aromatic N) is 3. The molecule has 36 heavy (non-hydrogen) atoms.